The number of carbonyl (C=O) groups excluding carboxylic acids is 1. The Balaban J connectivity index is 1.50. The van der Waals surface area contributed by atoms with Crippen molar-refractivity contribution in [2.24, 2.45) is 0 Å². The van der Waals surface area contributed by atoms with Crippen LogP contribution >= 0.6 is 11.6 Å². The number of rotatable bonds is 6. The van der Waals surface area contributed by atoms with E-state index in [4.69, 9.17) is 16.1 Å². The van der Waals surface area contributed by atoms with Crippen LogP contribution in [0.15, 0.2) is 47.0 Å². The lowest BCUT2D eigenvalue weighted by Gasteiger charge is -2.16. The number of nitro benzene ring substituents is 1. The molecule has 1 aliphatic rings. The molecule has 0 aliphatic carbocycles. The first-order chi connectivity index (χ1) is 14.5. The van der Waals surface area contributed by atoms with Gasteiger partial charge in [-0.2, -0.15) is 4.98 Å². The highest BCUT2D eigenvalue weighted by Crippen LogP contribution is 2.26. The Bertz CT molecular complexity index is 1090. The molecule has 1 N–H and O–H groups in total. The zero-order chi connectivity index (χ0) is 21.1. The fraction of sp³-hybridized carbons (Fsp3) is 0.250. The molecule has 0 atom stereocenters. The Hall–Kier alpha value is -3.46. The molecule has 0 radical (unpaired) electrons. The van der Waals surface area contributed by atoms with Crippen molar-refractivity contribution in [2.75, 3.05) is 18.4 Å². The van der Waals surface area contributed by atoms with Gasteiger partial charge in [0.1, 0.15) is 5.56 Å². The first-order valence-electron chi connectivity index (χ1n) is 9.41. The second-order valence-corrected chi connectivity index (χ2v) is 7.30. The summed E-state index contributed by atoms with van der Waals surface area (Å²) in [5, 5.41) is 18.9. The number of aromatic nitrogens is 2. The summed E-state index contributed by atoms with van der Waals surface area (Å²) in [6.45, 7) is 1.42. The lowest BCUT2D eigenvalue weighted by Crippen LogP contribution is -2.28. The first-order valence-corrected chi connectivity index (χ1v) is 9.79. The third-order valence-corrected chi connectivity index (χ3v) is 5.05. The van der Waals surface area contributed by atoms with Crippen molar-refractivity contribution in [3.8, 4) is 11.4 Å². The number of hydrogen-bond acceptors (Lipinski definition) is 7. The zero-order valence-electron chi connectivity index (χ0n) is 15.9. The highest BCUT2D eigenvalue weighted by Gasteiger charge is 2.27. The summed E-state index contributed by atoms with van der Waals surface area (Å²) in [5.74, 6) is 0.405. The van der Waals surface area contributed by atoms with Crippen LogP contribution in [-0.4, -0.2) is 39.0 Å². The van der Waals surface area contributed by atoms with Gasteiger partial charge in [-0.25, -0.2) is 0 Å². The van der Waals surface area contributed by atoms with Gasteiger partial charge in [-0.05, 0) is 37.1 Å². The molecule has 4 rings (SSSR count). The molecule has 154 valence electrons. The molecule has 3 aromatic rings. The molecular formula is C20H18ClN5O4. The molecular weight excluding hydrogens is 410 g/mol. The van der Waals surface area contributed by atoms with Gasteiger partial charge >= 0.3 is 0 Å². The molecule has 0 bridgehead atoms. The molecule has 30 heavy (non-hydrogen) atoms. The van der Waals surface area contributed by atoms with Crippen LogP contribution in [0.3, 0.4) is 0 Å². The quantitative estimate of drug-likeness (QED) is 0.464. The minimum Gasteiger partial charge on any atom is -0.376 e. The molecule has 2 heterocycles. The van der Waals surface area contributed by atoms with E-state index in [1.54, 1.807) is 29.2 Å². The van der Waals surface area contributed by atoms with Gasteiger partial charge in [0.05, 0.1) is 11.5 Å². The first kappa shape index (κ1) is 19.8. The number of halogens is 1. The van der Waals surface area contributed by atoms with E-state index in [-0.39, 0.29) is 23.7 Å². The Morgan fingerprint density at radius 3 is 2.77 bits per heavy atom. The molecule has 9 nitrogen and oxygen atoms in total. The van der Waals surface area contributed by atoms with Crippen LogP contribution in [0.25, 0.3) is 11.4 Å². The largest absolute Gasteiger partial charge is 0.376 e. The summed E-state index contributed by atoms with van der Waals surface area (Å²) in [5.41, 5.74) is 1.13. The number of nitrogens with zero attached hydrogens (tertiary/aromatic N) is 4. The highest BCUT2D eigenvalue weighted by atomic mass is 35.5. The number of nitrogens with one attached hydrogen (secondary N) is 1. The van der Waals surface area contributed by atoms with Crippen LogP contribution in [0.2, 0.25) is 5.02 Å². The average Bonchev–Trinajstić information content (AvgIpc) is 3.44. The maximum atomic E-state index is 12.7. The minimum absolute atomic E-state index is 0.0667. The molecule has 0 saturated carbocycles. The van der Waals surface area contributed by atoms with E-state index in [1.165, 1.54) is 12.1 Å². The van der Waals surface area contributed by atoms with Crippen molar-refractivity contribution in [2.45, 2.75) is 19.4 Å². The van der Waals surface area contributed by atoms with Crippen molar-refractivity contribution in [1.82, 2.24) is 15.0 Å². The summed E-state index contributed by atoms with van der Waals surface area (Å²) >= 11 is 5.99. The van der Waals surface area contributed by atoms with E-state index in [0.29, 0.717) is 35.5 Å². The van der Waals surface area contributed by atoms with Gasteiger partial charge in [0.15, 0.2) is 0 Å². The Morgan fingerprint density at radius 2 is 2.03 bits per heavy atom. The van der Waals surface area contributed by atoms with E-state index in [2.05, 4.69) is 15.5 Å². The standard InChI is InChI=1S/C20H18ClN5O4/c21-14-5-3-4-13(10-14)19-23-18(30-24-19)12-22-15-6-7-17(26(28)29)16(11-15)20(27)25-8-1-2-9-25/h3-7,10-11,22H,1-2,8-9,12H2. The lowest BCUT2D eigenvalue weighted by molar-refractivity contribution is -0.385. The summed E-state index contributed by atoms with van der Waals surface area (Å²) in [6.07, 6.45) is 1.81. The Labute approximate surface area is 176 Å². The molecule has 1 fully saturated rings. The van der Waals surface area contributed by atoms with Gasteiger partial charge < -0.3 is 14.7 Å². The van der Waals surface area contributed by atoms with E-state index in [0.717, 1.165) is 18.4 Å². The second kappa shape index (κ2) is 8.50. The molecule has 10 heteroatoms. The van der Waals surface area contributed by atoms with Gasteiger partial charge in [0.25, 0.3) is 11.6 Å². The monoisotopic (exact) mass is 427 g/mol. The van der Waals surface area contributed by atoms with Gasteiger partial charge in [0, 0.05) is 35.4 Å². The van der Waals surface area contributed by atoms with E-state index in [1.807, 2.05) is 6.07 Å². The molecule has 1 aromatic heterocycles. The topological polar surface area (TPSA) is 114 Å². The number of nitro groups is 1. The van der Waals surface area contributed by atoms with Gasteiger partial charge in [0.2, 0.25) is 11.7 Å². The van der Waals surface area contributed by atoms with Crippen molar-refractivity contribution in [3.63, 3.8) is 0 Å². The predicted molar refractivity (Wildman–Crippen MR) is 110 cm³/mol. The highest BCUT2D eigenvalue weighted by molar-refractivity contribution is 6.30. The number of likely N-dealkylation sites (tertiary alicyclic amines) is 1. The van der Waals surface area contributed by atoms with Crippen LogP contribution in [0, 0.1) is 10.1 Å². The number of hydrogen-bond donors (Lipinski definition) is 1. The van der Waals surface area contributed by atoms with Gasteiger partial charge in [-0.15, -0.1) is 0 Å². The van der Waals surface area contributed by atoms with E-state index >= 15 is 0 Å². The van der Waals surface area contributed by atoms with Crippen LogP contribution in [0.5, 0.6) is 0 Å². The molecule has 0 spiro atoms. The predicted octanol–water partition coefficient (Wildman–Crippen LogP) is 4.15. The molecule has 1 aliphatic heterocycles. The van der Waals surface area contributed by atoms with Gasteiger partial charge in [-0.3, -0.25) is 14.9 Å². The lowest BCUT2D eigenvalue weighted by atomic mass is 10.1. The summed E-state index contributed by atoms with van der Waals surface area (Å²) < 4.78 is 5.25. The fourth-order valence-corrected chi connectivity index (χ4v) is 3.51. The Kier molecular flexibility index (Phi) is 5.62. The van der Waals surface area contributed by atoms with Crippen LogP contribution < -0.4 is 5.32 Å². The number of benzene rings is 2. The van der Waals surface area contributed by atoms with Crippen LogP contribution in [-0.2, 0) is 6.54 Å². The minimum atomic E-state index is -0.539. The van der Waals surface area contributed by atoms with Crippen molar-refractivity contribution in [1.29, 1.82) is 0 Å². The molecule has 1 saturated heterocycles. The normalized spacial score (nSPS) is 13.4. The smallest absolute Gasteiger partial charge is 0.282 e. The Morgan fingerprint density at radius 1 is 1.23 bits per heavy atom. The third-order valence-electron chi connectivity index (χ3n) is 4.81. The summed E-state index contributed by atoms with van der Waals surface area (Å²) in [4.78, 5) is 29.5. The van der Waals surface area contributed by atoms with Crippen molar-refractivity contribution < 1.29 is 14.2 Å². The summed E-state index contributed by atoms with van der Waals surface area (Å²) in [6, 6.07) is 11.5. The van der Waals surface area contributed by atoms with Crippen molar-refractivity contribution in [3.05, 3.63) is 69.1 Å². The maximum absolute atomic E-state index is 12.7. The van der Waals surface area contributed by atoms with Crippen molar-refractivity contribution >= 4 is 28.9 Å². The average molecular weight is 428 g/mol. The maximum Gasteiger partial charge on any atom is 0.282 e. The third kappa shape index (κ3) is 4.25. The number of carbonyl (C=O) groups is 1. The number of amides is 1. The molecule has 2 aromatic carbocycles. The van der Waals surface area contributed by atoms with Gasteiger partial charge in [-0.1, -0.05) is 28.9 Å². The second-order valence-electron chi connectivity index (χ2n) is 6.86. The molecule has 1 amide bonds. The summed E-state index contributed by atoms with van der Waals surface area (Å²) in [7, 11) is 0. The van der Waals surface area contributed by atoms with Crippen LogP contribution in [0.4, 0.5) is 11.4 Å². The van der Waals surface area contributed by atoms with Crippen LogP contribution in [0.1, 0.15) is 29.1 Å². The molecule has 0 unspecified atom stereocenters. The zero-order valence-corrected chi connectivity index (χ0v) is 16.6. The fourth-order valence-electron chi connectivity index (χ4n) is 3.32. The number of anilines is 1. The SMILES string of the molecule is O=C(c1cc(NCc2nc(-c3cccc(Cl)c3)no2)ccc1[N+](=O)[O-])N1CCCC1. The van der Waals surface area contributed by atoms with E-state index in [9.17, 15) is 14.9 Å². The van der Waals surface area contributed by atoms with E-state index < -0.39 is 4.92 Å².